The maximum absolute atomic E-state index is 12.0. The maximum atomic E-state index is 12.0. The third-order valence-electron chi connectivity index (χ3n) is 2.84. The van der Waals surface area contributed by atoms with Crippen LogP contribution in [0.4, 0.5) is 16.2 Å². The van der Waals surface area contributed by atoms with Crippen molar-refractivity contribution in [3.63, 3.8) is 0 Å². The molecule has 0 saturated heterocycles. The average molecular weight is 295 g/mol. The number of urea groups is 1. The Labute approximate surface area is 127 Å². The molecule has 2 aromatic carbocycles. The average Bonchev–Trinajstić information content (AvgIpc) is 2.54. The zero-order valence-corrected chi connectivity index (χ0v) is 11.8. The highest BCUT2D eigenvalue weighted by molar-refractivity contribution is 6.01. The zero-order chi connectivity index (χ0) is 15.9. The van der Waals surface area contributed by atoms with E-state index in [1.165, 1.54) is 13.2 Å². The summed E-state index contributed by atoms with van der Waals surface area (Å²) in [6.07, 6.45) is 0. The molecule has 2 aromatic rings. The first-order chi connectivity index (χ1) is 10.6. The molecule has 0 aliphatic rings. The van der Waals surface area contributed by atoms with Gasteiger partial charge in [-0.15, -0.1) is 0 Å². The van der Waals surface area contributed by atoms with Gasteiger partial charge in [0.25, 0.3) is 0 Å². The second-order valence-electron chi connectivity index (χ2n) is 4.31. The van der Waals surface area contributed by atoms with Crippen LogP contribution in [0.2, 0.25) is 0 Å². The van der Waals surface area contributed by atoms with Crippen molar-refractivity contribution in [1.82, 2.24) is 0 Å². The number of benzene rings is 2. The van der Waals surface area contributed by atoms with Gasteiger partial charge in [-0.25, -0.2) is 9.59 Å². The highest BCUT2D eigenvalue weighted by Gasteiger charge is 2.09. The number of amides is 2. The number of nitrogens with zero attached hydrogens (tertiary/aromatic N) is 1. The van der Waals surface area contributed by atoms with E-state index in [2.05, 4.69) is 15.4 Å². The number of hydrogen-bond acceptors (Lipinski definition) is 4. The van der Waals surface area contributed by atoms with Crippen LogP contribution < -0.4 is 10.6 Å². The van der Waals surface area contributed by atoms with Crippen LogP contribution in [-0.4, -0.2) is 19.1 Å². The van der Waals surface area contributed by atoms with Gasteiger partial charge in [-0.05, 0) is 30.3 Å². The van der Waals surface area contributed by atoms with E-state index in [9.17, 15) is 9.59 Å². The predicted octanol–water partition coefficient (Wildman–Crippen LogP) is 2.99. The van der Waals surface area contributed by atoms with E-state index in [0.29, 0.717) is 22.5 Å². The summed E-state index contributed by atoms with van der Waals surface area (Å²) in [5.41, 5.74) is 1.54. The van der Waals surface area contributed by atoms with Crippen molar-refractivity contribution >= 4 is 23.4 Å². The molecule has 0 bridgehead atoms. The Morgan fingerprint density at radius 3 is 2.59 bits per heavy atom. The number of carbonyl (C=O) groups is 2. The minimum atomic E-state index is -0.510. The van der Waals surface area contributed by atoms with Gasteiger partial charge in [0.05, 0.1) is 23.9 Å². The molecule has 0 aromatic heterocycles. The van der Waals surface area contributed by atoms with E-state index in [0.717, 1.165) is 0 Å². The van der Waals surface area contributed by atoms with Crippen molar-refractivity contribution in [3.05, 3.63) is 59.7 Å². The van der Waals surface area contributed by atoms with E-state index in [4.69, 9.17) is 5.26 Å². The molecule has 0 saturated carbocycles. The first-order valence-corrected chi connectivity index (χ1v) is 6.39. The molecule has 22 heavy (non-hydrogen) atoms. The summed E-state index contributed by atoms with van der Waals surface area (Å²) in [6, 6.07) is 14.5. The topological polar surface area (TPSA) is 91.2 Å². The molecular weight excluding hydrogens is 282 g/mol. The third kappa shape index (κ3) is 3.61. The Morgan fingerprint density at radius 2 is 1.86 bits per heavy atom. The van der Waals surface area contributed by atoms with Gasteiger partial charge in [-0.3, -0.25) is 0 Å². The monoisotopic (exact) mass is 295 g/mol. The molecule has 6 heteroatoms. The van der Waals surface area contributed by atoms with E-state index >= 15 is 0 Å². The minimum absolute atomic E-state index is 0.331. The number of nitrogens with one attached hydrogen (secondary N) is 2. The Bertz CT molecular complexity index is 750. The summed E-state index contributed by atoms with van der Waals surface area (Å²) >= 11 is 0. The van der Waals surface area contributed by atoms with Crippen LogP contribution in [0.25, 0.3) is 0 Å². The van der Waals surface area contributed by atoms with Gasteiger partial charge < -0.3 is 15.4 Å². The molecule has 110 valence electrons. The molecule has 0 aliphatic carbocycles. The quantitative estimate of drug-likeness (QED) is 0.851. The number of carbonyl (C=O) groups excluding carboxylic acids is 2. The highest BCUT2D eigenvalue weighted by atomic mass is 16.5. The number of hydrogen-bond donors (Lipinski definition) is 2. The number of ether oxygens (including phenoxy) is 1. The maximum Gasteiger partial charge on any atom is 0.337 e. The lowest BCUT2D eigenvalue weighted by Crippen LogP contribution is -2.20. The van der Waals surface area contributed by atoms with Crippen LogP contribution in [0.5, 0.6) is 0 Å². The Balaban J connectivity index is 2.10. The fourth-order valence-electron chi connectivity index (χ4n) is 1.82. The van der Waals surface area contributed by atoms with Crippen LogP contribution in [0.1, 0.15) is 15.9 Å². The van der Waals surface area contributed by atoms with Crippen LogP contribution in [-0.2, 0) is 4.74 Å². The van der Waals surface area contributed by atoms with E-state index in [-0.39, 0.29) is 0 Å². The number of para-hydroxylation sites is 1. The molecule has 0 atom stereocenters. The number of esters is 1. The largest absolute Gasteiger partial charge is 0.465 e. The van der Waals surface area contributed by atoms with Crippen molar-refractivity contribution in [2.24, 2.45) is 0 Å². The van der Waals surface area contributed by atoms with Gasteiger partial charge in [0.1, 0.15) is 6.07 Å². The lowest BCUT2D eigenvalue weighted by molar-refractivity contribution is 0.0600. The number of rotatable bonds is 3. The second kappa shape index (κ2) is 6.90. The Kier molecular flexibility index (Phi) is 4.73. The van der Waals surface area contributed by atoms with Crippen molar-refractivity contribution in [1.29, 1.82) is 5.26 Å². The smallest absolute Gasteiger partial charge is 0.337 e. The van der Waals surface area contributed by atoms with Gasteiger partial charge in [0.15, 0.2) is 0 Å². The lowest BCUT2D eigenvalue weighted by atomic mass is 10.2. The van der Waals surface area contributed by atoms with Crippen LogP contribution >= 0.6 is 0 Å². The van der Waals surface area contributed by atoms with Gasteiger partial charge in [-0.1, -0.05) is 18.2 Å². The van der Waals surface area contributed by atoms with Crippen LogP contribution in [0, 0.1) is 11.3 Å². The van der Waals surface area contributed by atoms with Gasteiger partial charge in [0.2, 0.25) is 0 Å². The van der Waals surface area contributed by atoms with Gasteiger partial charge in [0, 0.05) is 5.69 Å². The van der Waals surface area contributed by atoms with Crippen LogP contribution in [0.15, 0.2) is 48.5 Å². The molecule has 0 radical (unpaired) electrons. The standard InChI is InChI=1S/C16H13N3O3/c1-22-15(20)11-6-4-7-13(9-11)18-16(21)19-14-8-3-2-5-12(14)10-17/h2-9H,1H3,(H2,18,19,21). The zero-order valence-electron chi connectivity index (χ0n) is 11.8. The summed E-state index contributed by atoms with van der Waals surface area (Å²) in [5.74, 6) is -0.487. The Hall–Kier alpha value is -3.33. The van der Waals surface area contributed by atoms with Gasteiger partial charge in [-0.2, -0.15) is 5.26 Å². The molecule has 0 heterocycles. The van der Waals surface area contributed by atoms with Crippen molar-refractivity contribution in [2.45, 2.75) is 0 Å². The predicted molar refractivity (Wildman–Crippen MR) is 81.6 cm³/mol. The molecule has 2 amide bonds. The van der Waals surface area contributed by atoms with E-state index in [1.807, 2.05) is 6.07 Å². The van der Waals surface area contributed by atoms with Crippen LogP contribution in [0.3, 0.4) is 0 Å². The Morgan fingerprint density at radius 1 is 1.09 bits per heavy atom. The normalized spacial score (nSPS) is 9.45. The molecule has 2 rings (SSSR count). The molecular formula is C16H13N3O3. The number of nitriles is 1. The van der Waals surface area contributed by atoms with Crippen molar-refractivity contribution in [3.8, 4) is 6.07 Å². The van der Waals surface area contributed by atoms with E-state index in [1.54, 1.807) is 42.5 Å². The number of methoxy groups -OCH3 is 1. The SMILES string of the molecule is COC(=O)c1cccc(NC(=O)Nc2ccccc2C#N)c1. The number of anilines is 2. The fraction of sp³-hybridized carbons (Fsp3) is 0.0625. The van der Waals surface area contributed by atoms with Crippen molar-refractivity contribution < 1.29 is 14.3 Å². The summed E-state index contributed by atoms with van der Waals surface area (Å²) in [6.45, 7) is 0. The first-order valence-electron chi connectivity index (χ1n) is 6.39. The van der Waals surface area contributed by atoms with Gasteiger partial charge >= 0.3 is 12.0 Å². The second-order valence-corrected chi connectivity index (χ2v) is 4.31. The highest BCUT2D eigenvalue weighted by Crippen LogP contribution is 2.15. The summed E-state index contributed by atoms with van der Waals surface area (Å²) in [4.78, 5) is 23.4. The third-order valence-corrected chi connectivity index (χ3v) is 2.84. The summed E-state index contributed by atoms with van der Waals surface area (Å²) in [7, 11) is 1.29. The summed E-state index contributed by atoms with van der Waals surface area (Å²) < 4.78 is 4.62. The molecule has 2 N–H and O–H groups in total. The minimum Gasteiger partial charge on any atom is -0.465 e. The van der Waals surface area contributed by atoms with E-state index < -0.39 is 12.0 Å². The summed E-state index contributed by atoms with van der Waals surface area (Å²) in [5, 5.41) is 14.2. The molecule has 0 fully saturated rings. The molecule has 0 aliphatic heterocycles. The molecule has 6 nitrogen and oxygen atoms in total. The lowest BCUT2D eigenvalue weighted by Gasteiger charge is -2.09. The fourth-order valence-corrected chi connectivity index (χ4v) is 1.82. The van der Waals surface area contributed by atoms with Crippen molar-refractivity contribution in [2.75, 3.05) is 17.7 Å². The molecule has 0 spiro atoms. The molecule has 0 unspecified atom stereocenters. The first kappa shape index (κ1) is 15.1.